The summed E-state index contributed by atoms with van der Waals surface area (Å²) in [4.78, 5) is 0. The molecule has 0 spiro atoms. The molecule has 0 heterocycles. The molecular formula is C44H41O4P. The summed E-state index contributed by atoms with van der Waals surface area (Å²) < 4.78 is 34.3. The van der Waals surface area contributed by atoms with Gasteiger partial charge in [-0.15, -0.1) is 0 Å². The van der Waals surface area contributed by atoms with Crippen molar-refractivity contribution in [3.8, 4) is 23.0 Å². The molecule has 0 fully saturated rings. The molecule has 0 unspecified atom stereocenters. The number of rotatable bonds is 14. The highest BCUT2D eigenvalue weighted by Gasteiger charge is 2.33. The van der Waals surface area contributed by atoms with Crippen molar-refractivity contribution in [3.05, 3.63) is 180 Å². The Balaban J connectivity index is 1.26. The summed E-state index contributed by atoms with van der Waals surface area (Å²) in [5.41, 5.74) is 4.34. The van der Waals surface area contributed by atoms with E-state index in [0.29, 0.717) is 29.3 Å². The van der Waals surface area contributed by atoms with Crippen LogP contribution in [0.3, 0.4) is 0 Å². The Hall–Kier alpha value is -5.31. The number of hydrogen-bond donors (Lipinski definition) is 0. The molecule has 0 saturated carbocycles. The van der Waals surface area contributed by atoms with E-state index in [9.17, 15) is 0 Å². The van der Waals surface area contributed by atoms with E-state index in [0.717, 1.165) is 45.2 Å². The van der Waals surface area contributed by atoms with E-state index >= 15 is 4.57 Å². The smallest absolute Gasteiger partial charge is 0.174 e. The van der Waals surface area contributed by atoms with Crippen molar-refractivity contribution < 1.29 is 18.8 Å². The first-order valence-corrected chi connectivity index (χ1v) is 18.3. The van der Waals surface area contributed by atoms with Crippen LogP contribution in [0.25, 0.3) is 6.08 Å². The highest BCUT2D eigenvalue weighted by atomic mass is 31.2. The molecule has 0 amide bonds. The Morgan fingerprint density at radius 1 is 0.592 bits per heavy atom. The van der Waals surface area contributed by atoms with Crippen molar-refractivity contribution in [2.45, 2.75) is 33.5 Å². The Kier molecular flexibility index (Phi) is 10.8. The third kappa shape index (κ3) is 8.41. The molecule has 6 aromatic rings. The van der Waals surface area contributed by atoms with Crippen molar-refractivity contribution in [1.82, 2.24) is 0 Å². The van der Waals surface area contributed by atoms with Gasteiger partial charge in [-0.3, -0.25) is 0 Å². The lowest BCUT2D eigenvalue weighted by Crippen LogP contribution is -2.26. The SMILES string of the molecule is C=Cc1ccc(COc2ccc(OCc3ccc(Oc4ccc(CC(C)C)cc4)cc3)c(P(=O)(c3ccccc3)c3ccccc3)c2)cc1. The Morgan fingerprint density at radius 3 is 1.61 bits per heavy atom. The van der Waals surface area contributed by atoms with E-state index < -0.39 is 7.14 Å². The highest BCUT2D eigenvalue weighted by molar-refractivity contribution is 7.85. The standard InChI is InChI=1S/C44H41O4P/c1-4-34-15-17-36(18-16-34)31-46-40-27-28-43(44(30-40)49(45,41-11-7-5-8-12-41)42-13-9-6-10-14-42)47-32-37-21-25-39(26-22-37)48-38-23-19-35(20-24-38)29-33(2)3/h4-28,30,33H,1,29,31-32H2,2-3H3. The molecule has 0 N–H and O–H groups in total. The summed E-state index contributed by atoms with van der Waals surface area (Å²) in [7, 11) is -3.36. The Morgan fingerprint density at radius 2 is 1.08 bits per heavy atom. The van der Waals surface area contributed by atoms with Gasteiger partial charge in [0.25, 0.3) is 0 Å². The average molecular weight is 665 g/mol. The average Bonchev–Trinajstić information content (AvgIpc) is 3.15. The van der Waals surface area contributed by atoms with Crippen LogP contribution in [-0.2, 0) is 24.2 Å². The van der Waals surface area contributed by atoms with Crippen LogP contribution in [0.2, 0.25) is 0 Å². The van der Waals surface area contributed by atoms with Crippen molar-refractivity contribution in [2.75, 3.05) is 0 Å². The lowest BCUT2D eigenvalue weighted by Gasteiger charge is -2.23. The van der Waals surface area contributed by atoms with Gasteiger partial charge >= 0.3 is 0 Å². The van der Waals surface area contributed by atoms with E-state index in [1.54, 1.807) is 0 Å². The van der Waals surface area contributed by atoms with Crippen LogP contribution in [0.15, 0.2) is 158 Å². The summed E-state index contributed by atoms with van der Waals surface area (Å²) in [6, 6.07) is 49.0. The van der Waals surface area contributed by atoms with E-state index in [1.165, 1.54) is 5.56 Å². The summed E-state index contributed by atoms with van der Waals surface area (Å²) in [5.74, 6) is 3.31. The third-order valence-electron chi connectivity index (χ3n) is 8.25. The molecule has 0 saturated heterocycles. The first kappa shape index (κ1) is 33.6. The monoisotopic (exact) mass is 664 g/mol. The van der Waals surface area contributed by atoms with Crippen LogP contribution in [0.1, 0.15) is 36.1 Å². The minimum Gasteiger partial charge on any atom is -0.489 e. The fourth-order valence-electron chi connectivity index (χ4n) is 5.69. The first-order valence-electron chi connectivity index (χ1n) is 16.6. The zero-order valence-electron chi connectivity index (χ0n) is 28.0. The topological polar surface area (TPSA) is 44.8 Å². The zero-order chi connectivity index (χ0) is 34.1. The maximum atomic E-state index is 15.5. The maximum absolute atomic E-state index is 15.5. The van der Waals surface area contributed by atoms with Gasteiger partial charge in [-0.2, -0.15) is 0 Å². The second kappa shape index (κ2) is 15.7. The van der Waals surface area contributed by atoms with Crippen molar-refractivity contribution in [3.63, 3.8) is 0 Å². The van der Waals surface area contributed by atoms with Crippen molar-refractivity contribution in [1.29, 1.82) is 0 Å². The van der Waals surface area contributed by atoms with Gasteiger partial charge in [-0.05, 0) is 77.1 Å². The number of benzene rings is 6. The van der Waals surface area contributed by atoms with Gasteiger partial charge in [0.1, 0.15) is 36.2 Å². The zero-order valence-corrected chi connectivity index (χ0v) is 28.9. The van der Waals surface area contributed by atoms with E-state index in [1.807, 2.05) is 146 Å². The Labute approximate surface area is 290 Å². The van der Waals surface area contributed by atoms with Gasteiger partial charge in [0.05, 0.1) is 5.30 Å². The van der Waals surface area contributed by atoms with Crippen LogP contribution >= 0.6 is 7.14 Å². The van der Waals surface area contributed by atoms with E-state index in [2.05, 4.69) is 32.6 Å². The van der Waals surface area contributed by atoms with E-state index in [4.69, 9.17) is 14.2 Å². The molecule has 49 heavy (non-hydrogen) atoms. The molecule has 6 aromatic carbocycles. The van der Waals surface area contributed by atoms with Crippen LogP contribution in [0, 0.1) is 5.92 Å². The predicted octanol–water partition coefficient (Wildman–Crippen LogP) is 10.1. The summed E-state index contributed by atoms with van der Waals surface area (Å²) >= 11 is 0. The van der Waals surface area contributed by atoms with Crippen LogP contribution < -0.4 is 30.1 Å². The number of hydrogen-bond acceptors (Lipinski definition) is 4. The van der Waals surface area contributed by atoms with Gasteiger partial charge in [-0.1, -0.05) is 136 Å². The minimum atomic E-state index is -3.36. The van der Waals surface area contributed by atoms with Gasteiger partial charge < -0.3 is 18.8 Å². The summed E-state index contributed by atoms with van der Waals surface area (Å²) in [6.07, 6.45) is 2.86. The summed E-state index contributed by atoms with van der Waals surface area (Å²) in [5, 5.41) is 2.04. The first-order chi connectivity index (χ1) is 23.9. The molecule has 0 aliphatic carbocycles. The molecule has 5 heteroatoms. The lowest BCUT2D eigenvalue weighted by atomic mass is 10.0. The Bertz CT molecular complexity index is 1960. The van der Waals surface area contributed by atoms with Crippen LogP contribution in [0.5, 0.6) is 23.0 Å². The van der Waals surface area contributed by atoms with Gasteiger partial charge in [0.15, 0.2) is 7.14 Å². The fraction of sp³-hybridized carbons (Fsp3) is 0.136. The second-order valence-corrected chi connectivity index (χ2v) is 15.2. The quantitative estimate of drug-likeness (QED) is 0.109. The maximum Gasteiger partial charge on any atom is 0.174 e. The fourth-order valence-corrected chi connectivity index (χ4v) is 8.49. The lowest BCUT2D eigenvalue weighted by molar-refractivity contribution is 0.299. The molecule has 6 rings (SSSR count). The predicted molar refractivity (Wildman–Crippen MR) is 203 cm³/mol. The normalized spacial score (nSPS) is 11.2. The van der Waals surface area contributed by atoms with Crippen molar-refractivity contribution in [2.24, 2.45) is 5.92 Å². The molecule has 4 nitrogen and oxygen atoms in total. The molecule has 0 aliphatic heterocycles. The van der Waals surface area contributed by atoms with E-state index in [-0.39, 0.29) is 6.61 Å². The largest absolute Gasteiger partial charge is 0.489 e. The van der Waals surface area contributed by atoms with Gasteiger partial charge in [0.2, 0.25) is 0 Å². The molecule has 0 aromatic heterocycles. The third-order valence-corrected chi connectivity index (χ3v) is 11.3. The molecule has 0 bridgehead atoms. The molecular weight excluding hydrogens is 623 g/mol. The molecule has 0 aliphatic rings. The van der Waals surface area contributed by atoms with Gasteiger partial charge in [0, 0.05) is 10.6 Å². The summed E-state index contributed by atoms with van der Waals surface area (Å²) in [6.45, 7) is 8.93. The van der Waals surface area contributed by atoms with Gasteiger partial charge in [-0.25, -0.2) is 0 Å². The highest BCUT2D eigenvalue weighted by Crippen LogP contribution is 2.46. The van der Waals surface area contributed by atoms with Crippen LogP contribution in [-0.4, -0.2) is 0 Å². The second-order valence-electron chi connectivity index (χ2n) is 12.4. The molecule has 0 atom stereocenters. The van der Waals surface area contributed by atoms with Crippen molar-refractivity contribution >= 4 is 29.1 Å². The van der Waals surface area contributed by atoms with Crippen LogP contribution in [0.4, 0.5) is 0 Å². The molecule has 0 radical (unpaired) electrons. The number of ether oxygens (including phenoxy) is 3. The minimum absolute atomic E-state index is 0.288. The molecule has 246 valence electrons.